The Balaban J connectivity index is 1.74. The largest absolute Gasteiger partial charge is 0.462 e. The van der Waals surface area contributed by atoms with Gasteiger partial charge in [-0.2, -0.15) is 0 Å². The van der Waals surface area contributed by atoms with E-state index < -0.39 is 92.7 Å². The lowest BCUT2D eigenvalue weighted by atomic mass is 9.98. The van der Waals surface area contributed by atoms with E-state index in [0.29, 0.717) is 12.8 Å². The highest BCUT2D eigenvalue weighted by Crippen LogP contribution is 2.27. The molecule has 0 radical (unpaired) electrons. The average Bonchev–Trinajstić information content (AvgIpc) is 3.32. The molecule has 15 heteroatoms. The van der Waals surface area contributed by atoms with Gasteiger partial charge in [-0.25, -0.2) is 0 Å². The number of rotatable bonds is 43. The van der Waals surface area contributed by atoms with Crippen molar-refractivity contribution in [3.8, 4) is 0 Å². The van der Waals surface area contributed by atoms with Crippen LogP contribution in [0.1, 0.15) is 226 Å². The van der Waals surface area contributed by atoms with Gasteiger partial charge in [0.05, 0.1) is 19.8 Å². The van der Waals surface area contributed by atoms with Crippen molar-refractivity contribution < 1.29 is 73.8 Å². The topological polar surface area (TPSA) is 231 Å². The molecule has 4 unspecified atom stereocenters. The molecule has 67 heavy (non-hydrogen) atoms. The lowest BCUT2D eigenvalue weighted by Crippen LogP contribution is -2.61. The summed E-state index contributed by atoms with van der Waals surface area (Å²) in [6.45, 7) is 2.62. The second-order valence-electron chi connectivity index (χ2n) is 19.4. The van der Waals surface area contributed by atoms with E-state index in [1.807, 2.05) is 0 Å². The van der Waals surface area contributed by atoms with Crippen molar-refractivity contribution in [2.75, 3.05) is 26.4 Å². The summed E-state index contributed by atoms with van der Waals surface area (Å²) < 4.78 is 33.6. The monoisotopic (exact) mass is 963 g/mol. The summed E-state index contributed by atoms with van der Waals surface area (Å²) in [5, 5.41) is 72.1. The van der Waals surface area contributed by atoms with Gasteiger partial charge in [0, 0.05) is 12.8 Å². The summed E-state index contributed by atoms with van der Waals surface area (Å²) in [5.74, 6) is -0.909. The number of carbonyl (C=O) groups is 2. The lowest BCUT2D eigenvalue weighted by Gasteiger charge is -2.42. The highest BCUT2D eigenvalue weighted by Gasteiger charge is 2.47. The Morgan fingerprint density at radius 1 is 0.418 bits per heavy atom. The fourth-order valence-electron chi connectivity index (χ4n) is 8.87. The highest BCUT2D eigenvalue weighted by molar-refractivity contribution is 5.70. The minimum absolute atomic E-state index is 0.172. The van der Waals surface area contributed by atoms with Crippen molar-refractivity contribution in [2.45, 2.75) is 293 Å². The van der Waals surface area contributed by atoms with Crippen LogP contribution in [0.5, 0.6) is 0 Å². The molecule has 0 amide bonds. The van der Waals surface area contributed by atoms with Crippen LogP contribution in [-0.2, 0) is 38.0 Å². The summed E-state index contributed by atoms with van der Waals surface area (Å²) in [4.78, 5) is 25.7. The van der Waals surface area contributed by atoms with E-state index in [4.69, 9.17) is 28.4 Å². The molecule has 2 aliphatic rings. The molecule has 0 aromatic rings. The number of unbranched alkanes of at least 4 members (excludes halogenated alkanes) is 29. The third-order valence-corrected chi connectivity index (χ3v) is 13.3. The summed E-state index contributed by atoms with van der Waals surface area (Å²) in [7, 11) is 0. The van der Waals surface area contributed by atoms with Crippen molar-refractivity contribution in [3.05, 3.63) is 0 Å². The first kappa shape index (κ1) is 61.6. The normalized spacial score (nSPS) is 25.9. The van der Waals surface area contributed by atoms with Crippen LogP contribution in [0, 0.1) is 0 Å². The van der Waals surface area contributed by atoms with Crippen LogP contribution in [0.3, 0.4) is 0 Å². The first-order valence-electron chi connectivity index (χ1n) is 27.1. The molecule has 11 atom stereocenters. The maximum atomic E-state index is 13.0. The van der Waals surface area contributed by atoms with Crippen molar-refractivity contribution in [2.24, 2.45) is 0 Å². The maximum Gasteiger partial charge on any atom is 0.306 e. The quantitative estimate of drug-likeness (QED) is 0.0227. The van der Waals surface area contributed by atoms with Gasteiger partial charge in [-0.1, -0.05) is 200 Å². The molecule has 2 saturated heterocycles. The third-order valence-electron chi connectivity index (χ3n) is 13.3. The Labute approximate surface area is 404 Å². The summed E-state index contributed by atoms with van der Waals surface area (Å²) in [6.07, 6.45) is 21.4. The third kappa shape index (κ3) is 28.2. The van der Waals surface area contributed by atoms with Gasteiger partial charge in [-0.05, 0) is 12.8 Å². The van der Waals surface area contributed by atoms with Crippen LogP contribution in [0.15, 0.2) is 0 Å². The molecule has 0 aliphatic carbocycles. The van der Waals surface area contributed by atoms with Crippen molar-refractivity contribution in [1.82, 2.24) is 0 Å². The van der Waals surface area contributed by atoms with Gasteiger partial charge in [-0.3, -0.25) is 9.59 Å². The van der Waals surface area contributed by atoms with Gasteiger partial charge >= 0.3 is 11.9 Å². The molecular weight excluding hydrogens is 865 g/mol. The van der Waals surface area contributed by atoms with E-state index in [0.717, 1.165) is 38.5 Å². The van der Waals surface area contributed by atoms with Gasteiger partial charge in [-0.15, -0.1) is 0 Å². The minimum atomic E-state index is -1.76. The van der Waals surface area contributed by atoms with Crippen LogP contribution >= 0.6 is 0 Å². The van der Waals surface area contributed by atoms with Gasteiger partial charge < -0.3 is 64.2 Å². The molecule has 2 fully saturated rings. The van der Waals surface area contributed by atoms with Gasteiger partial charge in [0.15, 0.2) is 18.7 Å². The first-order valence-corrected chi connectivity index (χ1v) is 27.1. The molecule has 7 N–H and O–H groups in total. The number of esters is 2. The summed E-state index contributed by atoms with van der Waals surface area (Å²) in [5.41, 5.74) is 0. The predicted octanol–water partition coefficient (Wildman–Crippen LogP) is 8.00. The molecule has 0 spiro atoms. The number of aliphatic hydroxyl groups is 7. The molecule has 0 aromatic heterocycles. The molecule has 0 bridgehead atoms. The van der Waals surface area contributed by atoms with Crippen molar-refractivity contribution in [3.63, 3.8) is 0 Å². The van der Waals surface area contributed by atoms with Crippen LogP contribution in [0.2, 0.25) is 0 Å². The first-order chi connectivity index (χ1) is 32.5. The summed E-state index contributed by atoms with van der Waals surface area (Å²) >= 11 is 0. The van der Waals surface area contributed by atoms with Crippen LogP contribution < -0.4 is 0 Å². The molecule has 2 aliphatic heterocycles. The fourth-order valence-corrected chi connectivity index (χ4v) is 8.87. The van der Waals surface area contributed by atoms with Crippen LogP contribution in [-0.4, -0.2) is 142 Å². The Kier molecular flexibility index (Phi) is 36.9. The zero-order valence-electron chi connectivity index (χ0n) is 41.9. The molecule has 2 rings (SSSR count). The zero-order valence-corrected chi connectivity index (χ0v) is 41.9. The average molecular weight is 963 g/mol. The second-order valence-corrected chi connectivity index (χ2v) is 19.4. The van der Waals surface area contributed by atoms with E-state index >= 15 is 0 Å². The van der Waals surface area contributed by atoms with Crippen molar-refractivity contribution in [1.29, 1.82) is 0 Å². The van der Waals surface area contributed by atoms with E-state index in [1.165, 1.54) is 148 Å². The molecular formula is C52H98O15. The van der Waals surface area contributed by atoms with Crippen LogP contribution in [0.25, 0.3) is 0 Å². The van der Waals surface area contributed by atoms with E-state index in [-0.39, 0.29) is 26.1 Å². The standard InChI is InChI=1S/C52H98O15/c1-3-5-7-9-11-13-15-16-17-18-19-20-21-22-23-25-26-28-30-32-34-43(54)62-37-40(65-44(55)35-33-31-29-27-24-14-12-10-8-6-4-2)38-63-51-50(61)48(59)46(57)42(67-51)39-64-52-49(60)47(58)45(56)41(36-53)66-52/h40-42,45-53,56-61H,3-39H2,1-2H3/t40-,41+,42+,45-,46-,47?,48?,49?,50?,51+,52+/m0/s1. The van der Waals surface area contributed by atoms with Gasteiger partial charge in [0.1, 0.15) is 55.4 Å². The second kappa shape index (κ2) is 40.1. The Bertz CT molecular complexity index is 1180. The SMILES string of the molecule is CCCCCCCCCCCCCCCCCCCCCCC(=O)OC[C@@H](CO[C@@H]1O[C@H](CO[C@@H]2O[C@H](CO)[C@H](O)C(O)C2O)[C@H](O)C(O)C1O)OC(=O)CCCCCCCCCCCCC. The maximum absolute atomic E-state index is 13.0. The van der Waals surface area contributed by atoms with Crippen molar-refractivity contribution >= 4 is 11.9 Å². The Morgan fingerprint density at radius 3 is 1.16 bits per heavy atom. The lowest BCUT2D eigenvalue weighted by molar-refractivity contribution is -0.332. The number of carbonyl (C=O) groups excluding carboxylic acids is 2. The highest BCUT2D eigenvalue weighted by atomic mass is 16.7. The number of aliphatic hydroxyl groups excluding tert-OH is 7. The van der Waals surface area contributed by atoms with Crippen LogP contribution in [0.4, 0.5) is 0 Å². The van der Waals surface area contributed by atoms with E-state index in [9.17, 15) is 45.3 Å². The molecule has 0 saturated carbocycles. The van der Waals surface area contributed by atoms with Gasteiger partial charge in [0.25, 0.3) is 0 Å². The molecule has 396 valence electrons. The molecule has 0 aromatic carbocycles. The number of hydrogen-bond donors (Lipinski definition) is 7. The predicted molar refractivity (Wildman–Crippen MR) is 257 cm³/mol. The minimum Gasteiger partial charge on any atom is -0.462 e. The smallest absolute Gasteiger partial charge is 0.306 e. The summed E-state index contributed by atoms with van der Waals surface area (Å²) in [6, 6.07) is 0. The van der Waals surface area contributed by atoms with E-state index in [2.05, 4.69) is 13.8 Å². The number of hydrogen-bond acceptors (Lipinski definition) is 15. The molecule has 2 heterocycles. The van der Waals surface area contributed by atoms with E-state index in [1.54, 1.807) is 0 Å². The Hall–Kier alpha value is -1.50. The Morgan fingerprint density at radius 2 is 0.761 bits per heavy atom. The zero-order chi connectivity index (χ0) is 48.9. The molecule has 15 nitrogen and oxygen atoms in total. The number of ether oxygens (including phenoxy) is 6. The van der Waals surface area contributed by atoms with Gasteiger partial charge in [0.2, 0.25) is 0 Å². The fraction of sp³-hybridized carbons (Fsp3) is 0.962.